The number of carbonyl (C=O) groups is 1. The fourth-order valence-corrected chi connectivity index (χ4v) is 3.58. The van der Waals surface area contributed by atoms with E-state index in [9.17, 15) is 26.4 Å². The van der Waals surface area contributed by atoms with Crippen LogP contribution in [0.3, 0.4) is 0 Å². The molecular formula is C17H15Cl2F3N2O3S. The quantitative estimate of drug-likeness (QED) is 0.714. The van der Waals surface area contributed by atoms with Crippen molar-refractivity contribution in [2.24, 2.45) is 0 Å². The predicted octanol–water partition coefficient (Wildman–Crippen LogP) is 4.09. The molecule has 0 aromatic heterocycles. The minimum absolute atomic E-state index is 0.0323. The van der Waals surface area contributed by atoms with Crippen molar-refractivity contribution in [1.29, 1.82) is 0 Å². The molecule has 0 saturated carbocycles. The first-order chi connectivity index (χ1) is 12.9. The van der Waals surface area contributed by atoms with Crippen LogP contribution < -0.4 is 9.62 Å². The topological polar surface area (TPSA) is 66.5 Å². The lowest BCUT2D eigenvalue weighted by Crippen LogP contribution is -2.40. The average Bonchev–Trinajstić information content (AvgIpc) is 2.57. The van der Waals surface area contributed by atoms with Crippen LogP contribution in [0.5, 0.6) is 0 Å². The van der Waals surface area contributed by atoms with Crippen LogP contribution in [0.1, 0.15) is 11.1 Å². The van der Waals surface area contributed by atoms with Crippen molar-refractivity contribution in [1.82, 2.24) is 5.32 Å². The number of amides is 1. The number of hydrogen-bond acceptors (Lipinski definition) is 3. The third-order valence-corrected chi connectivity index (χ3v) is 5.50. The maximum absolute atomic E-state index is 13.1. The Kier molecular flexibility index (Phi) is 6.84. The van der Waals surface area contributed by atoms with Gasteiger partial charge in [-0.15, -0.1) is 0 Å². The van der Waals surface area contributed by atoms with Crippen LogP contribution in [-0.2, 0) is 27.5 Å². The van der Waals surface area contributed by atoms with Crippen LogP contribution in [0.2, 0.25) is 10.0 Å². The van der Waals surface area contributed by atoms with E-state index in [0.29, 0.717) is 21.0 Å². The van der Waals surface area contributed by atoms with E-state index in [4.69, 9.17) is 23.2 Å². The number of sulfonamides is 1. The summed E-state index contributed by atoms with van der Waals surface area (Å²) in [5.41, 5.74) is -0.918. The molecule has 0 heterocycles. The number of nitrogens with zero attached hydrogens (tertiary/aromatic N) is 1. The van der Waals surface area contributed by atoms with E-state index >= 15 is 0 Å². The van der Waals surface area contributed by atoms with E-state index in [2.05, 4.69) is 5.32 Å². The van der Waals surface area contributed by atoms with Gasteiger partial charge in [-0.2, -0.15) is 13.2 Å². The highest BCUT2D eigenvalue weighted by molar-refractivity contribution is 7.92. The Morgan fingerprint density at radius 3 is 2.32 bits per heavy atom. The van der Waals surface area contributed by atoms with Gasteiger partial charge in [-0.25, -0.2) is 8.42 Å². The molecule has 5 nitrogen and oxygen atoms in total. The fraction of sp³-hybridized carbons (Fsp3) is 0.235. The van der Waals surface area contributed by atoms with E-state index in [1.54, 1.807) is 24.3 Å². The van der Waals surface area contributed by atoms with E-state index in [0.717, 1.165) is 18.4 Å². The highest BCUT2D eigenvalue weighted by Gasteiger charge is 2.34. The highest BCUT2D eigenvalue weighted by Crippen LogP contribution is 2.37. The summed E-state index contributed by atoms with van der Waals surface area (Å²) < 4.78 is 63.8. The summed E-state index contributed by atoms with van der Waals surface area (Å²) in [5, 5.41) is 2.33. The van der Waals surface area contributed by atoms with E-state index in [1.807, 2.05) is 0 Å². The summed E-state index contributed by atoms with van der Waals surface area (Å²) in [6, 6.07) is 9.33. The second-order valence-electron chi connectivity index (χ2n) is 5.80. The molecule has 0 aliphatic rings. The second kappa shape index (κ2) is 8.59. The zero-order chi connectivity index (χ0) is 21.1. The van der Waals surface area contributed by atoms with Gasteiger partial charge in [-0.3, -0.25) is 9.10 Å². The van der Waals surface area contributed by atoms with Crippen LogP contribution in [0.4, 0.5) is 18.9 Å². The van der Waals surface area contributed by atoms with E-state index in [-0.39, 0.29) is 12.2 Å². The van der Waals surface area contributed by atoms with Crippen molar-refractivity contribution in [2.45, 2.75) is 12.7 Å². The van der Waals surface area contributed by atoms with Gasteiger partial charge >= 0.3 is 6.18 Å². The molecule has 0 spiro atoms. The van der Waals surface area contributed by atoms with Crippen LogP contribution in [-0.4, -0.2) is 27.1 Å². The molecule has 0 radical (unpaired) electrons. The molecule has 0 aliphatic heterocycles. The van der Waals surface area contributed by atoms with Crippen LogP contribution in [0.25, 0.3) is 0 Å². The monoisotopic (exact) mass is 454 g/mol. The van der Waals surface area contributed by atoms with Gasteiger partial charge in [0.05, 0.1) is 22.5 Å². The van der Waals surface area contributed by atoms with Crippen LogP contribution in [0.15, 0.2) is 42.5 Å². The van der Waals surface area contributed by atoms with Gasteiger partial charge in [-0.1, -0.05) is 41.4 Å². The molecular weight excluding hydrogens is 440 g/mol. The molecule has 2 aromatic carbocycles. The van der Waals surface area contributed by atoms with Crippen molar-refractivity contribution in [2.75, 3.05) is 17.1 Å². The zero-order valence-electron chi connectivity index (χ0n) is 14.4. The van der Waals surface area contributed by atoms with Gasteiger partial charge in [0, 0.05) is 11.6 Å². The summed E-state index contributed by atoms with van der Waals surface area (Å²) in [7, 11) is -4.04. The largest absolute Gasteiger partial charge is 0.417 e. The van der Waals surface area contributed by atoms with Gasteiger partial charge in [0.25, 0.3) is 0 Å². The molecule has 11 heteroatoms. The SMILES string of the molecule is CS(=O)(=O)N(CC(=O)NCc1ccccc1Cl)c1ccc(Cl)c(C(F)(F)F)c1. The van der Waals surface area contributed by atoms with Crippen molar-refractivity contribution in [3.63, 3.8) is 0 Å². The molecule has 1 amide bonds. The second-order valence-corrected chi connectivity index (χ2v) is 8.52. The van der Waals surface area contributed by atoms with Gasteiger partial charge in [0.2, 0.25) is 15.9 Å². The molecule has 0 atom stereocenters. The number of hydrogen-bond donors (Lipinski definition) is 1. The van der Waals surface area contributed by atoms with Crippen molar-refractivity contribution >= 4 is 44.8 Å². The Bertz CT molecular complexity index is 982. The minimum Gasteiger partial charge on any atom is -0.350 e. The van der Waals surface area contributed by atoms with Gasteiger partial charge < -0.3 is 5.32 Å². The van der Waals surface area contributed by atoms with Gasteiger partial charge in [0.15, 0.2) is 0 Å². The highest BCUT2D eigenvalue weighted by atomic mass is 35.5. The minimum atomic E-state index is -4.78. The van der Waals surface area contributed by atoms with Crippen molar-refractivity contribution < 1.29 is 26.4 Å². The van der Waals surface area contributed by atoms with Crippen molar-refractivity contribution in [3.05, 3.63) is 63.6 Å². The molecule has 0 fully saturated rings. The maximum atomic E-state index is 13.1. The Balaban J connectivity index is 2.24. The lowest BCUT2D eigenvalue weighted by Gasteiger charge is -2.23. The summed E-state index contributed by atoms with van der Waals surface area (Å²) in [6.45, 7) is -0.674. The first-order valence-electron chi connectivity index (χ1n) is 7.74. The number of anilines is 1. The van der Waals surface area contributed by atoms with Crippen molar-refractivity contribution in [3.8, 4) is 0 Å². The van der Waals surface area contributed by atoms with E-state index < -0.39 is 39.2 Å². The van der Waals surface area contributed by atoms with E-state index in [1.165, 1.54) is 0 Å². The molecule has 0 unspecified atom stereocenters. The fourth-order valence-electron chi connectivity index (χ4n) is 2.31. The molecule has 0 bridgehead atoms. The zero-order valence-corrected chi connectivity index (χ0v) is 16.8. The smallest absolute Gasteiger partial charge is 0.350 e. The van der Waals surface area contributed by atoms with Gasteiger partial charge in [0.1, 0.15) is 6.54 Å². The standard InChI is InChI=1S/C17H15Cl2F3N2O3S/c1-28(26,27)24(12-6-7-15(19)13(8-12)17(20,21)22)10-16(25)23-9-11-4-2-3-5-14(11)18/h2-8H,9-10H2,1H3,(H,23,25). The van der Waals surface area contributed by atoms with Crippen LogP contribution in [0, 0.1) is 0 Å². The Morgan fingerprint density at radius 1 is 1.11 bits per heavy atom. The first-order valence-corrected chi connectivity index (χ1v) is 10.3. The molecule has 152 valence electrons. The summed E-state index contributed by atoms with van der Waals surface area (Å²) in [6.07, 6.45) is -3.99. The predicted molar refractivity (Wildman–Crippen MR) is 102 cm³/mol. The number of halogens is 5. The Morgan fingerprint density at radius 2 is 1.75 bits per heavy atom. The molecule has 28 heavy (non-hydrogen) atoms. The number of alkyl halides is 3. The molecule has 0 saturated heterocycles. The molecule has 2 aromatic rings. The third-order valence-electron chi connectivity index (χ3n) is 3.66. The summed E-state index contributed by atoms with van der Waals surface area (Å²) in [5.74, 6) is -0.714. The summed E-state index contributed by atoms with van der Waals surface area (Å²) in [4.78, 5) is 12.2. The lowest BCUT2D eigenvalue weighted by molar-refractivity contribution is -0.137. The average molecular weight is 455 g/mol. The molecule has 0 aliphatic carbocycles. The normalized spacial score (nSPS) is 11.9. The number of benzene rings is 2. The first kappa shape index (κ1) is 22.3. The Hall–Kier alpha value is -1.97. The number of nitrogens with one attached hydrogen (secondary N) is 1. The summed E-state index contributed by atoms with van der Waals surface area (Å²) >= 11 is 11.5. The maximum Gasteiger partial charge on any atom is 0.417 e. The molecule has 1 N–H and O–H groups in total. The number of carbonyl (C=O) groups excluding carboxylic acids is 1. The molecule has 2 rings (SSSR count). The third kappa shape index (κ3) is 5.76. The van der Waals surface area contributed by atoms with Gasteiger partial charge in [-0.05, 0) is 29.8 Å². The lowest BCUT2D eigenvalue weighted by atomic mass is 10.2. The number of rotatable bonds is 6. The van der Waals surface area contributed by atoms with Crippen LogP contribution >= 0.6 is 23.2 Å². The Labute approximate surface area is 170 Å².